The topological polar surface area (TPSA) is 85.8 Å². The van der Waals surface area contributed by atoms with E-state index in [0.29, 0.717) is 25.3 Å². The molecule has 0 aliphatic carbocycles. The molecule has 0 aliphatic heterocycles. The van der Waals surface area contributed by atoms with Crippen molar-refractivity contribution in [2.24, 2.45) is 5.73 Å². The average molecular weight is 285 g/mol. The van der Waals surface area contributed by atoms with Crippen LogP contribution in [-0.2, 0) is 6.54 Å². The summed E-state index contributed by atoms with van der Waals surface area (Å²) in [4.78, 5) is 12.0. The molecule has 6 nitrogen and oxygen atoms in total. The van der Waals surface area contributed by atoms with Crippen LogP contribution in [0, 0.1) is 0 Å². The van der Waals surface area contributed by atoms with Crippen LogP contribution >= 0.6 is 11.8 Å². The Morgan fingerprint density at radius 2 is 2.21 bits per heavy atom. The quantitative estimate of drug-likeness (QED) is 0.741. The van der Waals surface area contributed by atoms with Crippen LogP contribution in [-0.4, -0.2) is 45.0 Å². The van der Waals surface area contributed by atoms with Crippen molar-refractivity contribution in [1.29, 1.82) is 0 Å². The first kappa shape index (κ1) is 16.0. The van der Waals surface area contributed by atoms with E-state index in [2.05, 4.69) is 35.7 Å². The van der Waals surface area contributed by atoms with E-state index in [0.717, 1.165) is 12.8 Å². The molecule has 0 aromatic carbocycles. The molecule has 0 radical (unpaired) electrons. The SMILES string of the molecule is CCC(CC)(CNC(=O)c1cn(CCN)nn1)SC. The first-order valence-corrected chi connectivity index (χ1v) is 7.76. The second-order valence-electron chi connectivity index (χ2n) is 4.43. The van der Waals surface area contributed by atoms with Crippen LogP contribution in [0.15, 0.2) is 6.20 Å². The number of carbonyl (C=O) groups excluding carboxylic acids is 1. The van der Waals surface area contributed by atoms with Crippen LogP contribution in [0.3, 0.4) is 0 Å². The highest BCUT2D eigenvalue weighted by atomic mass is 32.2. The number of hydrogen-bond donors (Lipinski definition) is 2. The highest BCUT2D eigenvalue weighted by Crippen LogP contribution is 2.29. The smallest absolute Gasteiger partial charge is 0.273 e. The van der Waals surface area contributed by atoms with Crippen molar-refractivity contribution in [3.05, 3.63) is 11.9 Å². The summed E-state index contributed by atoms with van der Waals surface area (Å²) in [6, 6.07) is 0. The lowest BCUT2D eigenvalue weighted by Gasteiger charge is -2.29. The maximum absolute atomic E-state index is 12.0. The lowest BCUT2D eigenvalue weighted by atomic mass is 10.0. The number of rotatable bonds is 8. The van der Waals surface area contributed by atoms with Crippen molar-refractivity contribution in [3.63, 3.8) is 0 Å². The fourth-order valence-electron chi connectivity index (χ4n) is 1.84. The minimum absolute atomic E-state index is 0.100. The Balaban J connectivity index is 2.58. The van der Waals surface area contributed by atoms with Gasteiger partial charge in [-0.2, -0.15) is 11.8 Å². The maximum Gasteiger partial charge on any atom is 0.273 e. The molecule has 0 unspecified atom stereocenters. The van der Waals surface area contributed by atoms with Gasteiger partial charge in [0.2, 0.25) is 0 Å². The van der Waals surface area contributed by atoms with Gasteiger partial charge in [0, 0.05) is 17.8 Å². The Hall–Kier alpha value is -1.08. The number of nitrogens with one attached hydrogen (secondary N) is 1. The fraction of sp³-hybridized carbons (Fsp3) is 0.750. The number of amides is 1. The Morgan fingerprint density at radius 3 is 2.74 bits per heavy atom. The zero-order valence-electron chi connectivity index (χ0n) is 11.8. The molecule has 0 spiro atoms. The molecule has 0 atom stereocenters. The van der Waals surface area contributed by atoms with Crippen LogP contribution in [0.5, 0.6) is 0 Å². The van der Waals surface area contributed by atoms with Gasteiger partial charge in [-0.25, -0.2) is 0 Å². The van der Waals surface area contributed by atoms with E-state index >= 15 is 0 Å². The first-order chi connectivity index (χ1) is 9.10. The van der Waals surface area contributed by atoms with Gasteiger partial charge in [-0.3, -0.25) is 9.48 Å². The number of nitrogens with two attached hydrogens (primary N) is 1. The Kier molecular flexibility index (Phi) is 6.30. The van der Waals surface area contributed by atoms with Gasteiger partial charge in [0.1, 0.15) is 0 Å². The lowest BCUT2D eigenvalue weighted by molar-refractivity contribution is 0.0944. The molecule has 108 valence electrons. The van der Waals surface area contributed by atoms with E-state index in [1.807, 2.05) is 0 Å². The van der Waals surface area contributed by atoms with Crippen LogP contribution in [0.1, 0.15) is 37.2 Å². The summed E-state index contributed by atoms with van der Waals surface area (Å²) in [7, 11) is 0. The van der Waals surface area contributed by atoms with E-state index in [9.17, 15) is 4.79 Å². The summed E-state index contributed by atoms with van der Waals surface area (Å²) < 4.78 is 1.68. The summed E-state index contributed by atoms with van der Waals surface area (Å²) >= 11 is 1.80. The van der Waals surface area contributed by atoms with Gasteiger partial charge in [-0.1, -0.05) is 19.1 Å². The van der Waals surface area contributed by atoms with Crippen molar-refractivity contribution >= 4 is 17.7 Å². The van der Waals surface area contributed by atoms with Gasteiger partial charge < -0.3 is 11.1 Å². The van der Waals surface area contributed by atoms with Gasteiger partial charge in [0.15, 0.2) is 5.69 Å². The van der Waals surface area contributed by atoms with Crippen LogP contribution in [0.4, 0.5) is 0 Å². The number of carbonyl (C=O) groups is 1. The summed E-state index contributed by atoms with van der Waals surface area (Å²) in [5, 5.41) is 10.6. The van der Waals surface area contributed by atoms with Crippen LogP contribution < -0.4 is 11.1 Å². The molecular formula is C12H23N5OS. The van der Waals surface area contributed by atoms with E-state index in [-0.39, 0.29) is 10.7 Å². The minimum Gasteiger partial charge on any atom is -0.349 e. The highest BCUT2D eigenvalue weighted by Gasteiger charge is 2.26. The Morgan fingerprint density at radius 1 is 1.53 bits per heavy atom. The molecule has 1 rings (SSSR count). The lowest BCUT2D eigenvalue weighted by Crippen LogP contribution is -2.39. The standard InChI is InChI=1S/C12H23N5OS/c1-4-12(5-2,19-3)9-14-11(18)10-8-17(7-6-13)16-15-10/h8H,4-7,9,13H2,1-3H3,(H,14,18). The third kappa shape index (κ3) is 4.21. The average Bonchev–Trinajstić information content (AvgIpc) is 2.90. The van der Waals surface area contributed by atoms with Gasteiger partial charge in [-0.15, -0.1) is 5.10 Å². The molecule has 1 heterocycles. The minimum atomic E-state index is -0.177. The normalized spacial score (nSPS) is 11.6. The second-order valence-corrected chi connectivity index (χ2v) is 5.71. The molecule has 3 N–H and O–H groups in total. The van der Waals surface area contributed by atoms with Gasteiger partial charge in [0.05, 0.1) is 12.7 Å². The van der Waals surface area contributed by atoms with Gasteiger partial charge in [0.25, 0.3) is 5.91 Å². The van der Waals surface area contributed by atoms with Crippen LogP contribution in [0.2, 0.25) is 0 Å². The summed E-state index contributed by atoms with van der Waals surface area (Å²) in [6.45, 7) is 5.97. The monoisotopic (exact) mass is 285 g/mol. The number of aromatic nitrogens is 3. The molecule has 7 heteroatoms. The molecule has 1 aromatic heterocycles. The Bertz CT molecular complexity index is 394. The maximum atomic E-state index is 12.0. The number of nitrogens with zero attached hydrogens (tertiary/aromatic N) is 3. The third-order valence-corrected chi connectivity index (χ3v) is 5.01. The van der Waals surface area contributed by atoms with E-state index in [1.54, 1.807) is 22.6 Å². The molecule has 0 saturated heterocycles. The van der Waals surface area contributed by atoms with Crippen molar-refractivity contribution in [1.82, 2.24) is 20.3 Å². The predicted octanol–water partition coefficient (Wildman–Crippen LogP) is 0.888. The largest absolute Gasteiger partial charge is 0.349 e. The molecular weight excluding hydrogens is 262 g/mol. The number of hydrogen-bond acceptors (Lipinski definition) is 5. The Labute approximate surface area is 118 Å². The highest BCUT2D eigenvalue weighted by molar-refractivity contribution is 8.00. The zero-order chi connectivity index (χ0) is 14.3. The molecule has 0 fully saturated rings. The van der Waals surface area contributed by atoms with Crippen molar-refractivity contribution in [2.75, 3.05) is 19.3 Å². The van der Waals surface area contributed by atoms with Crippen molar-refractivity contribution in [3.8, 4) is 0 Å². The predicted molar refractivity (Wildman–Crippen MR) is 78.2 cm³/mol. The van der Waals surface area contributed by atoms with Gasteiger partial charge in [-0.05, 0) is 19.1 Å². The van der Waals surface area contributed by atoms with Crippen molar-refractivity contribution in [2.45, 2.75) is 38.0 Å². The van der Waals surface area contributed by atoms with Crippen molar-refractivity contribution < 1.29 is 4.79 Å². The summed E-state index contributed by atoms with van der Waals surface area (Å²) in [5.74, 6) is -0.177. The summed E-state index contributed by atoms with van der Waals surface area (Å²) in [6.07, 6.45) is 5.74. The van der Waals surface area contributed by atoms with Gasteiger partial charge >= 0.3 is 0 Å². The third-order valence-electron chi connectivity index (χ3n) is 3.42. The molecule has 1 amide bonds. The molecule has 1 aromatic rings. The zero-order valence-corrected chi connectivity index (χ0v) is 12.7. The van der Waals surface area contributed by atoms with E-state index in [4.69, 9.17) is 5.73 Å². The van der Waals surface area contributed by atoms with E-state index in [1.165, 1.54) is 0 Å². The molecule has 0 aliphatic rings. The summed E-state index contributed by atoms with van der Waals surface area (Å²) in [5.41, 5.74) is 5.77. The molecule has 19 heavy (non-hydrogen) atoms. The first-order valence-electron chi connectivity index (χ1n) is 6.54. The second kappa shape index (κ2) is 7.49. The molecule has 0 bridgehead atoms. The number of thioether (sulfide) groups is 1. The fourth-order valence-corrected chi connectivity index (χ4v) is 2.63. The van der Waals surface area contributed by atoms with E-state index < -0.39 is 0 Å². The van der Waals surface area contributed by atoms with Crippen LogP contribution in [0.25, 0.3) is 0 Å². The molecule has 0 saturated carbocycles.